The molecule has 1 saturated heterocycles. The summed E-state index contributed by atoms with van der Waals surface area (Å²) in [6, 6.07) is 6.09. The first-order chi connectivity index (χ1) is 14.3. The van der Waals surface area contributed by atoms with E-state index in [0.717, 1.165) is 22.0 Å². The molecule has 1 aromatic heterocycles. The Morgan fingerprint density at radius 1 is 1.27 bits per heavy atom. The Labute approximate surface area is 173 Å². The van der Waals surface area contributed by atoms with Crippen LogP contribution in [0, 0.1) is 13.8 Å². The molecule has 10 nitrogen and oxygen atoms in total. The summed E-state index contributed by atoms with van der Waals surface area (Å²) in [5.74, 6) is 0.211. The van der Waals surface area contributed by atoms with Gasteiger partial charge in [0, 0.05) is 7.05 Å². The number of nitrogens with zero attached hydrogens (tertiary/aromatic N) is 5. The number of para-hydroxylation sites is 2. The van der Waals surface area contributed by atoms with Gasteiger partial charge in [-0.3, -0.25) is 19.4 Å². The Kier molecular flexibility index (Phi) is 4.56. The third kappa shape index (κ3) is 2.67. The lowest BCUT2D eigenvalue weighted by Gasteiger charge is -2.32. The molecule has 2 aromatic rings. The van der Waals surface area contributed by atoms with E-state index in [1.807, 2.05) is 49.6 Å². The van der Waals surface area contributed by atoms with Gasteiger partial charge < -0.3 is 10.5 Å². The first-order valence-electron chi connectivity index (χ1n) is 9.59. The molecular formula is C20H23N6O4+. The van der Waals surface area contributed by atoms with Crippen LogP contribution in [0.1, 0.15) is 24.4 Å². The van der Waals surface area contributed by atoms with Crippen molar-refractivity contribution in [3.8, 4) is 11.4 Å². The van der Waals surface area contributed by atoms with Crippen LogP contribution in [-0.2, 0) is 9.59 Å². The molecule has 3 heterocycles. The van der Waals surface area contributed by atoms with E-state index in [4.69, 9.17) is 10.5 Å². The first kappa shape index (κ1) is 19.6. The van der Waals surface area contributed by atoms with Crippen LogP contribution in [0.15, 0.2) is 29.3 Å². The molecule has 156 valence electrons. The number of rotatable bonds is 5. The predicted molar refractivity (Wildman–Crippen MR) is 107 cm³/mol. The number of primary amides is 1. The van der Waals surface area contributed by atoms with Crippen LogP contribution >= 0.6 is 0 Å². The van der Waals surface area contributed by atoms with E-state index in [0.29, 0.717) is 24.1 Å². The molecule has 2 N–H and O–H groups in total. The van der Waals surface area contributed by atoms with E-state index in [2.05, 4.69) is 4.99 Å². The number of hydrogen-bond donors (Lipinski definition) is 1. The lowest BCUT2D eigenvalue weighted by Crippen LogP contribution is -2.64. The van der Waals surface area contributed by atoms with Crippen LogP contribution < -0.4 is 15.0 Å². The van der Waals surface area contributed by atoms with Crippen molar-refractivity contribution in [2.24, 2.45) is 10.7 Å². The number of urea groups is 1. The molecule has 2 aliphatic heterocycles. The normalized spacial score (nSPS) is 17.7. The molecule has 0 spiro atoms. The summed E-state index contributed by atoms with van der Waals surface area (Å²) in [6.07, 6.45) is 0. The van der Waals surface area contributed by atoms with Gasteiger partial charge in [0.05, 0.1) is 6.61 Å². The van der Waals surface area contributed by atoms with Gasteiger partial charge in [0.15, 0.2) is 5.75 Å². The highest BCUT2D eigenvalue weighted by molar-refractivity contribution is 6.19. The fourth-order valence-electron chi connectivity index (χ4n) is 3.95. The van der Waals surface area contributed by atoms with E-state index in [9.17, 15) is 14.4 Å². The standard InChI is InChI=1S/C20H22N6O4/c1-5-30-14-9-7-6-8-13(14)25-11(2)12(3)26-16-17(22-19(25)26)23(4)20(29)24(18(16)28)10-15(21)27/h6-9,16H,5,10H2,1-4H3,(H-,21,27)/p+1. The maximum atomic E-state index is 13.2. The number of nitrogens with two attached hydrogens (primary N) is 1. The predicted octanol–water partition coefficient (Wildman–Crippen LogP) is 0.744. The second kappa shape index (κ2) is 6.97. The average Bonchev–Trinajstić information content (AvgIpc) is 3.20. The summed E-state index contributed by atoms with van der Waals surface area (Å²) < 4.78 is 9.48. The van der Waals surface area contributed by atoms with Gasteiger partial charge >= 0.3 is 12.0 Å². The minimum Gasteiger partial charge on any atom is -0.490 e. The van der Waals surface area contributed by atoms with Gasteiger partial charge in [-0.15, -0.1) is 0 Å². The quantitative estimate of drug-likeness (QED) is 0.731. The molecule has 4 rings (SSSR count). The zero-order valence-corrected chi connectivity index (χ0v) is 17.2. The number of carbonyl (C=O) groups excluding carboxylic acids is 3. The van der Waals surface area contributed by atoms with Crippen molar-refractivity contribution < 1.29 is 23.7 Å². The molecule has 0 aliphatic carbocycles. The molecule has 1 atom stereocenters. The van der Waals surface area contributed by atoms with Crippen molar-refractivity contribution in [3.05, 3.63) is 35.7 Å². The summed E-state index contributed by atoms with van der Waals surface area (Å²) in [5, 5.41) is 0. The number of imide groups is 1. The number of amidine groups is 1. The Hall–Kier alpha value is -3.69. The Morgan fingerprint density at radius 2 is 1.97 bits per heavy atom. The Bertz CT molecular complexity index is 1120. The third-order valence-corrected chi connectivity index (χ3v) is 5.43. The summed E-state index contributed by atoms with van der Waals surface area (Å²) in [7, 11) is 1.53. The third-order valence-electron chi connectivity index (χ3n) is 5.43. The van der Waals surface area contributed by atoms with E-state index < -0.39 is 30.4 Å². The molecule has 2 aliphatic rings. The molecule has 1 fully saturated rings. The maximum absolute atomic E-state index is 13.2. The van der Waals surface area contributed by atoms with E-state index in [1.165, 1.54) is 11.9 Å². The highest BCUT2D eigenvalue weighted by atomic mass is 16.5. The van der Waals surface area contributed by atoms with Gasteiger partial charge in [-0.1, -0.05) is 17.1 Å². The summed E-state index contributed by atoms with van der Waals surface area (Å²) >= 11 is 0. The molecule has 1 unspecified atom stereocenters. The monoisotopic (exact) mass is 411 g/mol. The summed E-state index contributed by atoms with van der Waals surface area (Å²) in [5.41, 5.74) is 7.73. The molecule has 1 aromatic carbocycles. The highest BCUT2D eigenvalue weighted by Crippen LogP contribution is 2.35. The zero-order chi connectivity index (χ0) is 21.7. The van der Waals surface area contributed by atoms with Crippen molar-refractivity contribution in [3.63, 3.8) is 0 Å². The number of benzene rings is 1. The van der Waals surface area contributed by atoms with E-state index >= 15 is 0 Å². The number of likely N-dealkylation sites (N-methyl/N-ethyl adjacent to an activating group) is 1. The number of aliphatic imine (C=N–C) groups is 1. The van der Waals surface area contributed by atoms with Crippen LogP contribution in [0.25, 0.3) is 5.69 Å². The van der Waals surface area contributed by atoms with E-state index in [1.54, 1.807) is 4.57 Å². The lowest BCUT2D eigenvalue weighted by molar-refractivity contribution is -0.682. The number of ether oxygens (including phenoxy) is 1. The largest absolute Gasteiger partial charge is 0.490 e. The van der Waals surface area contributed by atoms with Crippen LogP contribution in [0.4, 0.5) is 10.7 Å². The average molecular weight is 411 g/mol. The Morgan fingerprint density at radius 3 is 2.63 bits per heavy atom. The summed E-state index contributed by atoms with van der Waals surface area (Å²) in [4.78, 5) is 44.0. The fraction of sp³-hybridized carbons (Fsp3) is 0.350. The maximum Gasteiger partial charge on any atom is 0.407 e. The van der Waals surface area contributed by atoms with Crippen LogP contribution in [0.2, 0.25) is 0 Å². The lowest BCUT2D eigenvalue weighted by atomic mass is 10.1. The van der Waals surface area contributed by atoms with Crippen molar-refractivity contribution in [1.29, 1.82) is 0 Å². The fourth-order valence-corrected chi connectivity index (χ4v) is 3.95. The second-order valence-corrected chi connectivity index (χ2v) is 7.18. The number of carbonyl (C=O) groups is 3. The number of hydrogen-bond acceptors (Lipinski definition) is 5. The number of imidazole rings is 1. The van der Waals surface area contributed by atoms with E-state index in [-0.39, 0.29) is 0 Å². The van der Waals surface area contributed by atoms with Crippen LogP contribution in [-0.4, -0.2) is 58.2 Å². The smallest absolute Gasteiger partial charge is 0.407 e. The number of amides is 4. The van der Waals surface area contributed by atoms with Crippen LogP contribution in [0.3, 0.4) is 0 Å². The van der Waals surface area contributed by atoms with Crippen molar-refractivity contribution in [2.75, 3.05) is 20.2 Å². The molecule has 0 saturated carbocycles. The molecule has 0 bridgehead atoms. The minimum atomic E-state index is -0.846. The molecule has 10 heteroatoms. The van der Waals surface area contributed by atoms with Gasteiger partial charge in [0.2, 0.25) is 17.8 Å². The van der Waals surface area contributed by atoms with Crippen molar-refractivity contribution >= 4 is 29.6 Å². The zero-order valence-electron chi connectivity index (χ0n) is 17.2. The van der Waals surface area contributed by atoms with Crippen molar-refractivity contribution in [1.82, 2.24) is 14.4 Å². The molecule has 30 heavy (non-hydrogen) atoms. The minimum absolute atomic E-state index is 0.312. The van der Waals surface area contributed by atoms with Gasteiger partial charge in [-0.25, -0.2) is 9.36 Å². The summed E-state index contributed by atoms with van der Waals surface area (Å²) in [6.45, 7) is 5.75. The highest BCUT2D eigenvalue weighted by Gasteiger charge is 2.54. The number of aromatic nitrogens is 2. The van der Waals surface area contributed by atoms with Gasteiger partial charge in [0.25, 0.3) is 5.91 Å². The van der Waals surface area contributed by atoms with Gasteiger partial charge in [-0.2, -0.15) is 4.57 Å². The topological polar surface area (TPSA) is 114 Å². The van der Waals surface area contributed by atoms with Crippen LogP contribution in [0.5, 0.6) is 5.75 Å². The van der Waals surface area contributed by atoms with Gasteiger partial charge in [0.1, 0.15) is 23.6 Å². The second-order valence-electron chi connectivity index (χ2n) is 7.18. The first-order valence-corrected chi connectivity index (χ1v) is 9.59. The number of fused-ring (bicyclic) bond motifs is 3. The molecular weight excluding hydrogens is 388 g/mol. The Balaban J connectivity index is 1.91. The van der Waals surface area contributed by atoms with Gasteiger partial charge in [-0.05, 0) is 32.9 Å². The van der Waals surface area contributed by atoms with Crippen molar-refractivity contribution in [2.45, 2.75) is 26.8 Å². The molecule has 0 radical (unpaired) electrons. The SMILES string of the molecule is CCOc1ccccc1-n1c(C)c(C)[n+]2c1N=C1C2C(=O)N(CC(N)=O)C(=O)N1C. The molecule has 4 amide bonds.